The van der Waals surface area contributed by atoms with E-state index in [-0.39, 0.29) is 18.5 Å². The molecule has 2 amide bonds. The predicted octanol–water partition coefficient (Wildman–Crippen LogP) is 2.49. The topological polar surface area (TPSA) is 82.5 Å². The van der Waals surface area contributed by atoms with Gasteiger partial charge in [0, 0.05) is 23.9 Å². The van der Waals surface area contributed by atoms with E-state index in [0.29, 0.717) is 17.6 Å². The van der Waals surface area contributed by atoms with Gasteiger partial charge in [-0.15, -0.1) is 11.3 Å². The smallest absolute Gasteiger partial charge is 0.323 e. The molecule has 0 spiro atoms. The van der Waals surface area contributed by atoms with Crippen molar-refractivity contribution in [2.45, 2.75) is 44.1 Å². The van der Waals surface area contributed by atoms with E-state index in [1.807, 2.05) is 5.38 Å². The Hall–Kier alpha value is -1.63. The summed E-state index contributed by atoms with van der Waals surface area (Å²) in [6, 6.07) is -0.430. The Morgan fingerprint density at radius 3 is 2.95 bits per heavy atom. The number of aromatic nitrogens is 1. The summed E-state index contributed by atoms with van der Waals surface area (Å²) in [4.78, 5) is 29.0. The Balaban J connectivity index is 1.60. The van der Waals surface area contributed by atoms with E-state index in [2.05, 4.69) is 10.3 Å². The summed E-state index contributed by atoms with van der Waals surface area (Å²) in [5, 5.41) is 14.3. The number of hydrogen-bond donors (Lipinski definition) is 2. The van der Waals surface area contributed by atoms with Gasteiger partial charge in [0.25, 0.3) is 0 Å². The van der Waals surface area contributed by atoms with Crippen LogP contribution in [0.5, 0.6) is 0 Å². The molecule has 7 heteroatoms. The SMILES string of the molecule is O=C(O)CC1CCCN1C(=O)Nc1nc(C2CC2)cs1. The van der Waals surface area contributed by atoms with E-state index in [9.17, 15) is 9.59 Å². The lowest BCUT2D eigenvalue weighted by atomic mass is 10.1. The average Bonchev–Trinajstić information content (AvgIpc) is 2.96. The normalized spacial score (nSPS) is 22.0. The fraction of sp³-hybridized carbons (Fsp3) is 0.615. The Labute approximate surface area is 120 Å². The van der Waals surface area contributed by atoms with Crippen LogP contribution in [0.1, 0.15) is 43.7 Å². The largest absolute Gasteiger partial charge is 0.481 e. The van der Waals surface area contributed by atoms with Gasteiger partial charge >= 0.3 is 12.0 Å². The number of amides is 2. The van der Waals surface area contributed by atoms with Crippen LogP contribution in [0, 0.1) is 0 Å². The number of urea groups is 1. The quantitative estimate of drug-likeness (QED) is 0.894. The van der Waals surface area contributed by atoms with Crippen LogP contribution in [-0.2, 0) is 4.79 Å². The second-order valence-electron chi connectivity index (χ2n) is 5.37. The van der Waals surface area contributed by atoms with Gasteiger partial charge in [0.05, 0.1) is 12.1 Å². The first-order chi connectivity index (χ1) is 9.63. The van der Waals surface area contributed by atoms with E-state index in [1.165, 1.54) is 24.2 Å². The molecule has 20 heavy (non-hydrogen) atoms. The van der Waals surface area contributed by atoms with Crippen molar-refractivity contribution >= 4 is 28.5 Å². The molecule has 0 bridgehead atoms. The molecule has 2 aliphatic rings. The third-order valence-corrected chi connectivity index (χ3v) is 4.56. The maximum atomic E-state index is 12.2. The summed E-state index contributed by atoms with van der Waals surface area (Å²) in [6.07, 6.45) is 3.99. The minimum Gasteiger partial charge on any atom is -0.481 e. The zero-order chi connectivity index (χ0) is 14.1. The van der Waals surface area contributed by atoms with Crippen LogP contribution in [0.4, 0.5) is 9.93 Å². The summed E-state index contributed by atoms with van der Waals surface area (Å²) in [6.45, 7) is 0.616. The molecular weight excluding hydrogens is 278 g/mol. The van der Waals surface area contributed by atoms with Crippen LogP contribution in [0.25, 0.3) is 0 Å². The first-order valence-electron chi connectivity index (χ1n) is 6.88. The lowest BCUT2D eigenvalue weighted by molar-refractivity contribution is -0.137. The molecular formula is C13H17N3O3S. The number of anilines is 1. The Morgan fingerprint density at radius 1 is 1.45 bits per heavy atom. The molecule has 1 unspecified atom stereocenters. The van der Waals surface area contributed by atoms with Crippen LogP contribution >= 0.6 is 11.3 Å². The summed E-state index contributed by atoms with van der Waals surface area (Å²) < 4.78 is 0. The van der Waals surface area contributed by atoms with E-state index in [4.69, 9.17) is 5.11 Å². The number of thiazole rings is 1. The van der Waals surface area contributed by atoms with Gasteiger partial charge in [-0.05, 0) is 25.7 Å². The van der Waals surface area contributed by atoms with Gasteiger partial charge in [0.15, 0.2) is 5.13 Å². The third-order valence-electron chi connectivity index (χ3n) is 3.78. The lowest BCUT2D eigenvalue weighted by Crippen LogP contribution is -2.39. The van der Waals surface area contributed by atoms with E-state index in [1.54, 1.807) is 4.90 Å². The minimum atomic E-state index is -0.861. The molecule has 1 aromatic heterocycles. The van der Waals surface area contributed by atoms with Crippen molar-refractivity contribution in [2.24, 2.45) is 0 Å². The molecule has 1 aromatic rings. The third kappa shape index (κ3) is 2.92. The van der Waals surface area contributed by atoms with Gasteiger partial charge in [-0.25, -0.2) is 9.78 Å². The number of aliphatic carboxylic acids is 1. The second kappa shape index (κ2) is 5.40. The van der Waals surface area contributed by atoms with Crippen molar-refractivity contribution in [1.29, 1.82) is 0 Å². The maximum absolute atomic E-state index is 12.2. The van der Waals surface area contributed by atoms with Crippen molar-refractivity contribution in [1.82, 2.24) is 9.88 Å². The highest BCUT2D eigenvalue weighted by molar-refractivity contribution is 7.13. The van der Waals surface area contributed by atoms with Gasteiger partial charge in [-0.2, -0.15) is 0 Å². The van der Waals surface area contributed by atoms with Crippen LogP contribution in [0.2, 0.25) is 0 Å². The predicted molar refractivity (Wildman–Crippen MR) is 75.1 cm³/mol. The molecule has 0 aromatic carbocycles. The molecule has 1 atom stereocenters. The number of carbonyl (C=O) groups is 2. The highest BCUT2D eigenvalue weighted by Gasteiger charge is 2.31. The van der Waals surface area contributed by atoms with E-state index < -0.39 is 5.97 Å². The fourth-order valence-corrected chi connectivity index (χ4v) is 3.37. The summed E-state index contributed by atoms with van der Waals surface area (Å²) in [7, 11) is 0. The molecule has 1 aliphatic carbocycles. The van der Waals surface area contributed by atoms with Crippen molar-refractivity contribution < 1.29 is 14.7 Å². The summed E-state index contributed by atoms with van der Waals surface area (Å²) >= 11 is 1.43. The number of nitrogens with one attached hydrogen (secondary N) is 1. The maximum Gasteiger partial charge on any atom is 0.323 e. The molecule has 2 fully saturated rings. The van der Waals surface area contributed by atoms with Crippen LogP contribution < -0.4 is 5.32 Å². The fourth-order valence-electron chi connectivity index (χ4n) is 2.59. The molecule has 6 nitrogen and oxygen atoms in total. The average molecular weight is 295 g/mol. The molecule has 3 rings (SSSR count). The Bertz CT molecular complexity index is 527. The molecule has 108 valence electrons. The monoisotopic (exact) mass is 295 g/mol. The first-order valence-corrected chi connectivity index (χ1v) is 7.76. The highest BCUT2D eigenvalue weighted by Crippen LogP contribution is 2.40. The Morgan fingerprint density at radius 2 is 2.25 bits per heavy atom. The summed E-state index contributed by atoms with van der Waals surface area (Å²) in [5.41, 5.74) is 1.06. The van der Waals surface area contributed by atoms with Crippen LogP contribution in [-0.4, -0.2) is 39.6 Å². The number of hydrogen-bond acceptors (Lipinski definition) is 4. The van der Waals surface area contributed by atoms with Crippen LogP contribution in [0.15, 0.2) is 5.38 Å². The molecule has 0 radical (unpaired) electrons. The summed E-state index contributed by atoms with van der Waals surface area (Å²) in [5.74, 6) is -0.289. The van der Waals surface area contributed by atoms with Gasteiger partial charge in [0.2, 0.25) is 0 Å². The number of nitrogens with zero attached hydrogens (tertiary/aromatic N) is 2. The van der Waals surface area contributed by atoms with Crippen LogP contribution in [0.3, 0.4) is 0 Å². The number of carboxylic acid groups (broad SMARTS) is 1. The molecule has 1 saturated carbocycles. The van der Waals surface area contributed by atoms with Gasteiger partial charge in [-0.1, -0.05) is 0 Å². The molecule has 2 heterocycles. The zero-order valence-electron chi connectivity index (χ0n) is 11.0. The van der Waals surface area contributed by atoms with E-state index >= 15 is 0 Å². The molecule has 1 aliphatic heterocycles. The van der Waals surface area contributed by atoms with Crippen molar-refractivity contribution in [2.75, 3.05) is 11.9 Å². The Kier molecular flexibility index (Phi) is 3.60. The van der Waals surface area contributed by atoms with Gasteiger partial charge in [0.1, 0.15) is 0 Å². The van der Waals surface area contributed by atoms with Crippen molar-refractivity contribution in [3.63, 3.8) is 0 Å². The van der Waals surface area contributed by atoms with Crippen molar-refractivity contribution in [3.8, 4) is 0 Å². The second-order valence-corrected chi connectivity index (χ2v) is 6.23. The van der Waals surface area contributed by atoms with Crippen molar-refractivity contribution in [3.05, 3.63) is 11.1 Å². The minimum absolute atomic E-state index is 0.0125. The number of rotatable bonds is 4. The van der Waals surface area contributed by atoms with E-state index in [0.717, 1.165) is 18.5 Å². The zero-order valence-corrected chi connectivity index (χ0v) is 11.9. The highest BCUT2D eigenvalue weighted by atomic mass is 32.1. The molecule has 1 saturated heterocycles. The lowest BCUT2D eigenvalue weighted by Gasteiger charge is -2.23. The first kappa shape index (κ1) is 13.4. The standard InChI is InChI=1S/C13H17N3O3S/c17-11(18)6-9-2-1-5-16(9)13(19)15-12-14-10(7-20-12)8-3-4-8/h7-9H,1-6H2,(H,17,18)(H,14,15,19). The molecule has 2 N–H and O–H groups in total. The van der Waals surface area contributed by atoms with Gasteiger partial charge in [-0.3, -0.25) is 10.1 Å². The number of carboxylic acids is 1. The van der Waals surface area contributed by atoms with Gasteiger partial charge < -0.3 is 10.0 Å². The number of likely N-dealkylation sites (tertiary alicyclic amines) is 1. The number of carbonyl (C=O) groups excluding carboxylic acids is 1.